The quantitative estimate of drug-likeness (QED) is 0.364. The van der Waals surface area contributed by atoms with Gasteiger partial charge in [0.15, 0.2) is 17.3 Å². The fourth-order valence-electron chi connectivity index (χ4n) is 2.13. The van der Waals surface area contributed by atoms with E-state index in [1.807, 2.05) is 0 Å². The van der Waals surface area contributed by atoms with Crippen LogP contribution in [0.5, 0.6) is 11.5 Å². The van der Waals surface area contributed by atoms with E-state index in [9.17, 15) is 23.1 Å². The fraction of sp³-hybridized carbons (Fsp3) is 0.267. The lowest BCUT2D eigenvalue weighted by atomic mass is 10.1. The maximum atomic E-state index is 14.3. The highest BCUT2D eigenvalue weighted by Gasteiger charge is 2.29. The summed E-state index contributed by atoms with van der Waals surface area (Å²) in [4.78, 5) is 10.7. The Morgan fingerprint density at radius 3 is 2.88 bits per heavy atom. The molecule has 0 radical (unpaired) electrons. The smallest absolute Gasteiger partial charge is 0.308 e. The molecule has 0 amide bonds. The number of furan rings is 1. The Balaban J connectivity index is 2.45. The first-order valence-corrected chi connectivity index (χ1v) is 9.54. The number of halogens is 3. The van der Waals surface area contributed by atoms with Gasteiger partial charge in [0.25, 0.3) is 0 Å². The zero-order chi connectivity index (χ0) is 19.4. The number of benzene rings is 1. The van der Waals surface area contributed by atoms with Gasteiger partial charge in [-0.3, -0.25) is 9.00 Å². The van der Waals surface area contributed by atoms with Crippen LogP contribution in [0.3, 0.4) is 0 Å². The van der Waals surface area contributed by atoms with Crippen LogP contribution in [0.2, 0.25) is 5.02 Å². The van der Waals surface area contributed by atoms with Crippen LogP contribution in [-0.2, 0) is 16.1 Å². The minimum atomic E-state index is -2.44. The molecule has 2 N–H and O–H groups in total. The van der Waals surface area contributed by atoms with Crippen molar-refractivity contribution in [3.63, 3.8) is 0 Å². The number of aromatic hydroxyl groups is 1. The van der Waals surface area contributed by atoms with Gasteiger partial charge in [0.1, 0.15) is 0 Å². The molecule has 2 unspecified atom stereocenters. The summed E-state index contributed by atoms with van der Waals surface area (Å²) in [7, 11) is 0. The van der Waals surface area contributed by atoms with Gasteiger partial charge in [-0.2, -0.15) is 0 Å². The minimum absolute atomic E-state index is 0.00515. The topological polar surface area (TPSA) is 112 Å². The van der Waals surface area contributed by atoms with E-state index < -0.39 is 33.6 Å². The van der Waals surface area contributed by atoms with Crippen LogP contribution in [-0.4, -0.2) is 26.4 Å². The third-order valence-electron chi connectivity index (χ3n) is 3.21. The molecule has 0 saturated carbocycles. The lowest BCUT2D eigenvalue weighted by Gasteiger charge is -2.11. The molecule has 0 fully saturated rings. The molecule has 2 rings (SSSR count). The molecule has 7 nitrogen and oxygen atoms in total. The van der Waals surface area contributed by atoms with Crippen LogP contribution in [0.25, 0.3) is 11.3 Å². The molecule has 11 heteroatoms. The van der Waals surface area contributed by atoms with E-state index in [1.165, 1.54) is 18.2 Å². The number of carbonyl (C=O) groups excluding carboxylic acids is 1. The molecular weight excluding hydrogens is 457 g/mol. The molecule has 1 aromatic carbocycles. The van der Waals surface area contributed by atoms with Crippen LogP contribution < -0.4 is 9.46 Å². The predicted octanol–water partition coefficient (Wildman–Crippen LogP) is 3.58. The van der Waals surface area contributed by atoms with Crippen LogP contribution >= 0.6 is 27.5 Å². The molecule has 1 aromatic heterocycles. The average Bonchev–Trinajstić information content (AvgIpc) is 2.86. The Hall–Kier alpha value is -1.46. The third-order valence-corrected chi connectivity index (χ3v) is 4.82. The Labute approximate surface area is 164 Å². The van der Waals surface area contributed by atoms with Crippen molar-refractivity contribution >= 4 is 44.8 Å². The lowest BCUT2D eigenvalue weighted by molar-refractivity contribution is -0.132. The monoisotopic (exact) mass is 468 g/mol. The molecule has 0 aliphatic carbocycles. The number of esters is 1. The Bertz CT molecular complexity index is 846. The van der Waals surface area contributed by atoms with E-state index in [4.69, 9.17) is 20.8 Å². The number of carbonyl (C=O) groups is 1. The molecular formula is C15H13BrClFNO6S-. The second-order valence-electron chi connectivity index (χ2n) is 5.05. The van der Waals surface area contributed by atoms with Gasteiger partial charge >= 0.3 is 5.97 Å². The van der Waals surface area contributed by atoms with Crippen molar-refractivity contribution in [3.8, 4) is 22.8 Å². The number of rotatable bonds is 7. The van der Waals surface area contributed by atoms with E-state index in [2.05, 4.69) is 20.7 Å². The van der Waals surface area contributed by atoms with Gasteiger partial charge in [0, 0.05) is 24.7 Å². The van der Waals surface area contributed by atoms with Crippen molar-refractivity contribution in [1.82, 2.24) is 4.72 Å². The first-order chi connectivity index (χ1) is 12.2. The number of hydrogen-bond donors (Lipinski definition) is 2. The zero-order valence-electron chi connectivity index (χ0n) is 13.3. The summed E-state index contributed by atoms with van der Waals surface area (Å²) >= 11 is 6.58. The maximum absolute atomic E-state index is 14.3. The molecule has 142 valence electrons. The summed E-state index contributed by atoms with van der Waals surface area (Å²) in [5.41, 5.74) is -0.117. The van der Waals surface area contributed by atoms with Crippen LogP contribution in [0.15, 0.2) is 22.6 Å². The third kappa shape index (κ3) is 4.83. The lowest BCUT2D eigenvalue weighted by Crippen LogP contribution is -2.18. The predicted molar refractivity (Wildman–Crippen MR) is 95.3 cm³/mol. The van der Waals surface area contributed by atoms with Crippen molar-refractivity contribution < 1.29 is 32.2 Å². The van der Waals surface area contributed by atoms with Gasteiger partial charge in [-0.25, -0.2) is 9.11 Å². The van der Waals surface area contributed by atoms with Gasteiger partial charge in [-0.1, -0.05) is 33.6 Å². The van der Waals surface area contributed by atoms with Gasteiger partial charge in [0.05, 0.1) is 15.4 Å². The second-order valence-corrected chi connectivity index (χ2v) is 7.32. The van der Waals surface area contributed by atoms with Crippen LogP contribution in [0.4, 0.5) is 4.39 Å². The Kier molecular flexibility index (Phi) is 7.18. The van der Waals surface area contributed by atoms with Crippen molar-refractivity contribution in [2.24, 2.45) is 0 Å². The van der Waals surface area contributed by atoms with Crippen LogP contribution in [0, 0.1) is 5.82 Å². The number of ether oxygens (including phenoxy) is 1. The Morgan fingerprint density at radius 1 is 1.58 bits per heavy atom. The SMILES string of the molecule is CC(=O)Oc1c(C(Br)CCNS(=O)[O-])oc(-c2cccc(Cl)c2F)c1O. The van der Waals surface area contributed by atoms with E-state index in [1.54, 1.807) is 0 Å². The highest BCUT2D eigenvalue weighted by Crippen LogP contribution is 2.48. The van der Waals surface area contributed by atoms with Gasteiger partial charge in [0.2, 0.25) is 11.5 Å². The molecule has 0 aliphatic rings. The summed E-state index contributed by atoms with van der Waals surface area (Å²) < 4.78 is 48.0. The summed E-state index contributed by atoms with van der Waals surface area (Å²) in [6.45, 7) is 1.18. The normalized spacial score (nSPS) is 13.4. The molecule has 2 atom stereocenters. The molecule has 0 aliphatic heterocycles. The second kappa shape index (κ2) is 8.96. The molecule has 0 bridgehead atoms. The van der Waals surface area contributed by atoms with Crippen molar-refractivity contribution in [2.75, 3.05) is 6.54 Å². The van der Waals surface area contributed by atoms with E-state index >= 15 is 0 Å². The van der Waals surface area contributed by atoms with Gasteiger partial charge < -0.3 is 18.8 Å². The Morgan fingerprint density at radius 2 is 2.27 bits per heavy atom. The van der Waals surface area contributed by atoms with E-state index in [-0.39, 0.29) is 40.8 Å². The highest BCUT2D eigenvalue weighted by atomic mass is 79.9. The largest absolute Gasteiger partial charge is 0.760 e. The summed E-state index contributed by atoms with van der Waals surface area (Å²) in [6.07, 6.45) is 0.201. The average molecular weight is 470 g/mol. The molecule has 0 spiro atoms. The summed E-state index contributed by atoms with van der Waals surface area (Å²) in [5.74, 6) is -2.64. The standard InChI is InChI=1S/C15H14BrClFNO6S/c1-7(20)24-15-12(21)13(8-3-2-4-10(17)11(8)18)25-14(15)9(16)5-6-19-26(22)23/h2-4,9,19,21H,5-6H2,1H3,(H,22,23)/p-1. The van der Waals surface area contributed by atoms with Crippen molar-refractivity contribution in [3.05, 3.63) is 34.8 Å². The number of alkyl halides is 1. The first-order valence-electron chi connectivity index (χ1n) is 7.17. The van der Waals surface area contributed by atoms with Crippen molar-refractivity contribution in [2.45, 2.75) is 18.2 Å². The van der Waals surface area contributed by atoms with E-state index in [0.29, 0.717) is 0 Å². The highest BCUT2D eigenvalue weighted by molar-refractivity contribution is 9.09. The first kappa shape index (κ1) is 20.8. The molecule has 2 aromatic rings. The van der Waals surface area contributed by atoms with Gasteiger partial charge in [-0.15, -0.1) is 0 Å². The fourth-order valence-corrected chi connectivity index (χ4v) is 3.12. The van der Waals surface area contributed by atoms with Crippen molar-refractivity contribution in [1.29, 1.82) is 0 Å². The molecule has 26 heavy (non-hydrogen) atoms. The van der Waals surface area contributed by atoms with E-state index in [0.717, 1.165) is 6.92 Å². The molecule has 1 heterocycles. The zero-order valence-corrected chi connectivity index (χ0v) is 16.4. The minimum Gasteiger partial charge on any atom is -0.760 e. The summed E-state index contributed by atoms with van der Waals surface area (Å²) in [5, 5.41) is 10.2. The summed E-state index contributed by atoms with van der Waals surface area (Å²) in [6, 6.07) is 4.13. The van der Waals surface area contributed by atoms with Crippen LogP contribution in [0.1, 0.15) is 23.9 Å². The number of nitrogens with one attached hydrogen (secondary N) is 1. The van der Waals surface area contributed by atoms with Gasteiger partial charge in [-0.05, 0) is 18.6 Å². The molecule has 0 saturated heterocycles. The number of hydrogen-bond acceptors (Lipinski definition) is 6. The maximum Gasteiger partial charge on any atom is 0.308 e.